The number of nitrogens with one attached hydrogen (secondary N) is 1. The van der Waals surface area contributed by atoms with Crippen LogP contribution in [0.5, 0.6) is 0 Å². The zero-order valence-electron chi connectivity index (χ0n) is 25.4. The van der Waals surface area contributed by atoms with Crippen LogP contribution in [0.1, 0.15) is 55.4 Å². The molecular weight excluding hydrogens is 605 g/mol. The Morgan fingerprint density at radius 2 is 1.67 bits per heavy atom. The average Bonchev–Trinajstić information content (AvgIpc) is 2.95. The molecule has 0 spiro atoms. The van der Waals surface area contributed by atoms with Crippen molar-refractivity contribution in [2.24, 2.45) is 0 Å². The van der Waals surface area contributed by atoms with E-state index in [2.05, 4.69) is 5.32 Å². The third-order valence-corrected chi connectivity index (χ3v) is 9.39. The molecule has 0 radical (unpaired) electrons. The molecule has 0 heterocycles. The number of carbonyl (C=O) groups is 2. The van der Waals surface area contributed by atoms with E-state index in [0.717, 1.165) is 23.1 Å². The Kier molecular flexibility index (Phi) is 12.5. The Bertz CT molecular complexity index is 1520. The fourth-order valence-electron chi connectivity index (χ4n) is 4.82. The monoisotopic (exact) mass is 645 g/mol. The van der Waals surface area contributed by atoms with Gasteiger partial charge in [-0.2, -0.15) is 0 Å². The first-order valence-electron chi connectivity index (χ1n) is 14.4. The van der Waals surface area contributed by atoms with Gasteiger partial charge in [-0.15, -0.1) is 0 Å². The van der Waals surface area contributed by atoms with E-state index in [9.17, 15) is 18.0 Å². The standard InChI is InChI=1S/C33H41Cl2N3O4S/c1-6-24(3)36-33(40)31(20-26-13-8-7-9-14-26)37(22-27-17-18-28(34)21-29(27)35)32(39)16-11-19-38(43(5,41)42)30-15-10-12-23(2)25(30)4/h7-10,12-15,17-18,21,24,31H,6,11,16,19-20,22H2,1-5H3,(H,36,40)/t24-,31-/m1/s1. The van der Waals surface area contributed by atoms with Crippen molar-refractivity contribution in [1.29, 1.82) is 0 Å². The summed E-state index contributed by atoms with van der Waals surface area (Å²) in [7, 11) is -3.61. The number of aryl methyl sites for hydroxylation is 1. The van der Waals surface area contributed by atoms with Gasteiger partial charge in [-0.05, 0) is 74.1 Å². The summed E-state index contributed by atoms with van der Waals surface area (Å²) in [5.41, 5.74) is 3.99. The van der Waals surface area contributed by atoms with Crippen LogP contribution in [-0.2, 0) is 32.6 Å². The van der Waals surface area contributed by atoms with E-state index in [1.807, 2.05) is 70.2 Å². The third kappa shape index (κ3) is 9.71. The van der Waals surface area contributed by atoms with Crippen molar-refractivity contribution in [3.05, 3.63) is 99.0 Å². The first kappa shape index (κ1) is 34.4. The highest BCUT2D eigenvalue weighted by atomic mass is 35.5. The fraction of sp³-hybridized carbons (Fsp3) is 0.394. The van der Waals surface area contributed by atoms with Crippen molar-refractivity contribution < 1.29 is 18.0 Å². The number of anilines is 1. The minimum atomic E-state index is -3.61. The molecule has 0 aromatic heterocycles. The summed E-state index contributed by atoms with van der Waals surface area (Å²) in [6, 6.07) is 19.2. The van der Waals surface area contributed by atoms with E-state index in [1.165, 1.54) is 10.6 Å². The summed E-state index contributed by atoms with van der Waals surface area (Å²) in [6.07, 6.45) is 2.50. The first-order chi connectivity index (χ1) is 20.3. The number of nitrogens with zero attached hydrogens (tertiary/aromatic N) is 2. The summed E-state index contributed by atoms with van der Waals surface area (Å²) in [5.74, 6) is -0.537. The maximum atomic E-state index is 14.0. The Hall–Kier alpha value is -3.07. The maximum absolute atomic E-state index is 14.0. The van der Waals surface area contributed by atoms with Crippen LogP contribution in [0.3, 0.4) is 0 Å². The third-order valence-electron chi connectivity index (χ3n) is 7.62. The Labute approximate surface area is 266 Å². The lowest BCUT2D eigenvalue weighted by molar-refractivity contribution is -0.141. The van der Waals surface area contributed by atoms with Crippen LogP contribution in [0, 0.1) is 13.8 Å². The molecule has 43 heavy (non-hydrogen) atoms. The smallest absolute Gasteiger partial charge is 0.243 e. The normalized spacial score (nSPS) is 12.8. The van der Waals surface area contributed by atoms with Crippen LogP contribution in [0.15, 0.2) is 66.7 Å². The summed E-state index contributed by atoms with van der Waals surface area (Å²) in [6.45, 7) is 7.93. The molecule has 3 aromatic rings. The van der Waals surface area contributed by atoms with Gasteiger partial charge < -0.3 is 10.2 Å². The fourth-order valence-corrected chi connectivity index (χ4v) is 6.30. The van der Waals surface area contributed by atoms with Crippen LogP contribution < -0.4 is 9.62 Å². The van der Waals surface area contributed by atoms with E-state index in [1.54, 1.807) is 29.2 Å². The maximum Gasteiger partial charge on any atom is 0.243 e. The number of hydrogen-bond donors (Lipinski definition) is 1. The Morgan fingerprint density at radius 3 is 2.30 bits per heavy atom. The minimum absolute atomic E-state index is 0.0317. The van der Waals surface area contributed by atoms with Gasteiger partial charge in [0.15, 0.2) is 0 Å². The highest BCUT2D eigenvalue weighted by Gasteiger charge is 2.31. The molecular formula is C33H41Cl2N3O4S. The van der Waals surface area contributed by atoms with Gasteiger partial charge in [-0.3, -0.25) is 13.9 Å². The largest absolute Gasteiger partial charge is 0.352 e. The van der Waals surface area contributed by atoms with Crippen LogP contribution in [0.4, 0.5) is 5.69 Å². The molecule has 1 N–H and O–H groups in total. The van der Waals surface area contributed by atoms with Gasteiger partial charge in [-0.1, -0.05) is 78.7 Å². The lowest BCUT2D eigenvalue weighted by Gasteiger charge is -2.33. The molecule has 10 heteroatoms. The number of hydrogen-bond acceptors (Lipinski definition) is 4. The van der Waals surface area contributed by atoms with Crippen molar-refractivity contribution >= 4 is 50.7 Å². The predicted octanol–water partition coefficient (Wildman–Crippen LogP) is 6.71. The van der Waals surface area contributed by atoms with Crippen LogP contribution in [-0.4, -0.2) is 50.0 Å². The molecule has 3 aromatic carbocycles. The van der Waals surface area contributed by atoms with Gasteiger partial charge in [0.2, 0.25) is 21.8 Å². The number of carbonyl (C=O) groups excluding carboxylic acids is 2. The van der Waals surface area contributed by atoms with E-state index in [4.69, 9.17) is 23.2 Å². The quantitative estimate of drug-likeness (QED) is 0.211. The molecule has 232 valence electrons. The minimum Gasteiger partial charge on any atom is -0.352 e. The highest BCUT2D eigenvalue weighted by molar-refractivity contribution is 7.92. The Morgan fingerprint density at radius 1 is 0.977 bits per heavy atom. The molecule has 0 fully saturated rings. The molecule has 2 amide bonds. The van der Waals surface area contributed by atoms with Crippen molar-refractivity contribution in [2.75, 3.05) is 17.1 Å². The second-order valence-corrected chi connectivity index (χ2v) is 13.7. The second kappa shape index (κ2) is 15.6. The van der Waals surface area contributed by atoms with Crippen LogP contribution in [0.25, 0.3) is 0 Å². The van der Waals surface area contributed by atoms with Crippen LogP contribution >= 0.6 is 23.2 Å². The molecule has 0 saturated carbocycles. The van der Waals surface area contributed by atoms with Gasteiger partial charge in [0.1, 0.15) is 6.04 Å². The van der Waals surface area contributed by atoms with Crippen molar-refractivity contribution in [1.82, 2.24) is 10.2 Å². The SMILES string of the molecule is CC[C@@H](C)NC(=O)[C@@H](Cc1ccccc1)N(Cc1ccc(Cl)cc1Cl)C(=O)CCCN(c1cccc(C)c1C)S(C)(=O)=O. The number of rotatable bonds is 14. The lowest BCUT2D eigenvalue weighted by atomic mass is 10.0. The molecule has 7 nitrogen and oxygen atoms in total. The Balaban J connectivity index is 1.94. The number of amides is 2. The first-order valence-corrected chi connectivity index (χ1v) is 17.0. The second-order valence-electron chi connectivity index (χ2n) is 10.9. The highest BCUT2D eigenvalue weighted by Crippen LogP contribution is 2.27. The molecule has 0 aliphatic heterocycles. The topological polar surface area (TPSA) is 86.8 Å². The van der Waals surface area contributed by atoms with Gasteiger partial charge in [0, 0.05) is 42.0 Å². The predicted molar refractivity (Wildman–Crippen MR) is 176 cm³/mol. The van der Waals surface area contributed by atoms with Gasteiger partial charge in [0.05, 0.1) is 11.9 Å². The summed E-state index contributed by atoms with van der Waals surface area (Å²) < 4.78 is 26.9. The van der Waals surface area contributed by atoms with E-state index < -0.39 is 16.1 Å². The molecule has 0 aliphatic rings. The van der Waals surface area contributed by atoms with E-state index >= 15 is 0 Å². The number of benzene rings is 3. The van der Waals surface area contributed by atoms with Crippen molar-refractivity contribution in [2.45, 2.75) is 72.0 Å². The molecule has 0 unspecified atom stereocenters. The van der Waals surface area contributed by atoms with Crippen molar-refractivity contribution in [3.8, 4) is 0 Å². The van der Waals surface area contributed by atoms with Crippen LogP contribution in [0.2, 0.25) is 10.0 Å². The molecule has 0 saturated heterocycles. The molecule has 0 bridgehead atoms. The van der Waals surface area contributed by atoms with Gasteiger partial charge in [-0.25, -0.2) is 8.42 Å². The average molecular weight is 647 g/mol. The lowest BCUT2D eigenvalue weighted by Crippen LogP contribution is -2.52. The van der Waals surface area contributed by atoms with Gasteiger partial charge in [0.25, 0.3) is 0 Å². The molecule has 2 atom stereocenters. The number of sulfonamides is 1. The molecule has 0 aliphatic carbocycles. The summed E-state index contributed by atoms with van der Waals surface area (Å²) in [4.78, 5) is 29.3. The number of halogens is 2. The van der Waals surface area contributed by atoms with Crippen molar-refractivity contribution in [3.63, 3.8) is 0 Å². The molecule has 3 rings (SSSR count). The van der Waals surface area contributed by atoms with Gasteiger partial charge >= 0.3 is 0 Å². The van der Waals surface area contributed by atoms with E-state index in [0.29, 0.717) is 27.7 Å². The summed E-state index contributed by atoms with van der Waals surface area (Å²) >= 11 is 12.7. The van der Waals surface area contributed by atoms with E-state index in [-0.39, 0.29) is 43.8 Å². The zero-order valence-corrected chi connectivity index (χ0v) is 27.8. The summed E-state index contributed by atoms with van der Waals surface area (Å²) in [5, 5.41) is 3.91. The zero-order chi connectivity index (χ0) is 31.7.